The molecule has 0 aliphatic carbocycles. The van der Waals surface area contributed by atoms with Crippen molar-refractivity contribution in [3.63, 3.8) is 0 Å². The van der Waals surface area contributed by atoms with E-state index in [4.69, 9.17) is 24.1 Å². The van der Waals surface area contributed by atoms with Gasteiger partial charge in [-0.15, -0.1) is 0 Å². The predicted molar refractivity (Wildman–Crippen MR) is 173 cm³/mol. The minimum absolute atomic E-state index is 0.0972. The molecule has 2 N–H and O–H groups in total. The first-order chi connectivity index (χ1) is 22.1. The van der Waals surface area contributed by atoms with Gasteiger partial charge in [0.15, 0.2) is 0 Å². The van der Waals surface area contributed by atoms with E-state index in [2.05, 4.69) is 11.8 Å². The lowest BCUT2D eigenvalue weighted by atomic mass is 10.1. The molecule has 0 saturated carbocycles. The summed E-state index contributed by atoms with van der Waals surface area (Å²) < 4.78 is 16.4. The van der Waals surface area contributed by atoms with Crippen LogP contribution in [0.15, 0.2) is 45.6 Å². The van der Waals surface area contributed by atoms with Gasteiger partial charge in [0.05, 0.1) is 6.61 Å². The van der Waals surface area contributed by atoms with Crippen molar-refractivity contribution in [3.8, 4) is 5.75 Å². The molecule has 1 aromatic heterocycles. The van der Waals surface area contributed by atoms with Gasteiger partial charge in [0.2, 0.25) is 5.91 Å². The summed E-state index contributed by atoms with van der Waals surface area (Å²) in [6.45, 7) is 8.64. The minimum atomic E-state index is -1.26. The van der Waals surface area contributed by atoms with Crippen molar-refractivity contribution in [1.82, 2.24) is 9.80 Å². The van der Waals surface area contributed by atoms with Crippen molar-refractivity contribution in [3.05, 3.63) is 52.4 Å². The number of carboxylic acid groups (broad SMARTS) is 2. The Kier molecular flexibility index (Phi) is 17.8. The molecule has 1 aliphatic rings. The number of amides is 1. The van der Waals surface area contributed by atoms with Crippen LogP contribution in [0.5, 0.6) is 5.75 Å². The SMILES string of the molecule is CCCCCCCCCC(=O)OCCN1CCN(C(=O)CCCOc2ccc3oc(=O)cc(C)c3c2)CC1.O=C(O)/C=C\C(=O)O. The van der Waals surface area contributed by atoms with Crippen LogP contribution in [0.4, 0.5) is 0 Å². The fraction of sp³-hybridized carbons (Fsp3) is 0.559. The summed E-state index contributed by atoms with van der Waals surface area (Å²) in [5.41, 5.74) is 1.02. The topological polar surface area (TPSA) is 164 Å². The highest BCUT2D eigenvalue weighted by atomic mass is 16.5. The van der Waals surface area contributed by atoms with Gasteiger partial charge in [-0.25, -0.2) is 14.4 Å². The van der Waals surface area contributed by atoms with E-state index in [1.54, 1.807) is 12.1 Å². The fourth-order valence-electron chi connectivity index (χ4n) is 4.91. The lowest BCUT2D eigenvalue weighted by Crippen LogP contribution is -2.49. The Morgan fingerprint density at radius 2 is 1.50 bits per heavy atom. The van der Waals surface area contributed by atoms with Crippen LogP contribution in [0.25, 0.3) is 11.0 Å². The molecule has 0 radical (unpaired) electrons. The van der Waals surface area contributed by atoms with Gasteiger partial charge in [-0.3, -0.25) is 14.5 Å². The van der Waals surface area contributed by atoms with Crippen molar-refractivity contribution in [2.75, 3.05) is 45.9 Å². The molecule has 12 nitrogen and oxygen atoms in total. The number of nitrogens with zero attached hydrogens (tertiary/aromatic N) is 2. The molecule has 0 spiro atoms. The second kappa shape index (κ2) is 21.5. The molecule has 2 aromatic rings. The third-order valence-corrected chi connectivity index (χ3v) is 7.47. The Bertz CT molecular complexity index is 1330. The Balaban J connectivity index is 0.000000812. The molecule has 12 heteroatoms. The third-order valence-electron chi connectivity index (χ3n) is 7.47. The number of aryl methyl sites for hydroxylation is 1. The maximum absolute atomic E-state index is 12.6. The van der Waals surface area contributed by atoms with Gasteiger partial charge in [-0.05, 0) is 43.5 Å². The van der Waals surface area contributed by atoms with Crippen LogP contribution in [0.2, 0.25) is 0 Å². The third kappa shape index (κ3) is 15.7. The maximum Gasteiger partial charge on any atom is 0.336 e. The molecule has 0 atom stereocenters. The summed E-state index contributed by atoms with van der Waals surface area (Å²) in [4.78, 5) is 59.3. The maximum atomic E-state index is 12.6. The second-order valence-electron chi connectivity index (χ2n) is 11.2. The van der Waals surface area contributed by atoms with Crippen molar-refractivity contribution in [2.24, 2.45) is 0 Å². The number of aliphatic carboxylic acids is 2. The Morgan fingerprint density at radius 1 is 0.848 bits per heavy atom. The van der Waals surface area contributed by atoms with Crippen LogP contribution in [0, 0.1) is 6.92 Å². The number of carbonyl (C=O) groups excluding carboxylic acids is 2. The molecule has 254 valence electrons. The number of hydrogen-bond acceptors (Lipinski definition) is 9. The van der Waals surface area contributed by atoms with E-state index in [0.717, 1.165) is 36.9 Å². The summed E-state index contributed by atoms with van der Waals surface area (Å²) in [5, 5.41) is 16.5. The highest BCUT2D eigenvalue weighted by molar-refractivity contribution is 5.89. The highest BCUT2D eigenvalue weighted by Gasteiger charge is 2.21. The van der Waals surface area contributed by atoms with Crippen molar-refractivity contribution < 1.29 is 43.3 Å². The summed E-state index contributed by atoms with van der Waals surface area (Å²) in [6, 6.07) is 6.84. The van der Waals surface area contributed by atoms with E-state index >= 15 is 0 Å². The number of esters is 1. The molecule has 2 heterocycles. The number of benzene rings is 1. The van der Waals surface area contributed by atoms with Gasteiger partial charge in [-0.2, -0.15) is 0 Å². The fourth-order valence-corrected chi connectivity index (χ4v) is 4.91. The molecule has 1 aromatic carbocycles. The van der Waals surface area contributed by atoms with Gasteiger partial charge in [0.1, 0.15) is 17.9 Å². The largest absolute Gasteiger partial charge is 0.494 e. The minimum Gasteiger partial charge on any atom is -0.494 e. The Morgan fingerprint density at radius 3 is 2.15 bits per heavy atom. The van der Waals surface area contributed by atoms with Crippen molar-refractivity contribution in [1.29, 1.82) is 0 Å². The van der Waals surface area contributed by atoms with E-state index in [-0.39, 0.29) is 17.5 Å². The van der Waals surface area contributed by atoms with Gasteiger partial charge in [0.25, 0.3) is 0 Å². The number of piperazine rings is 1. The van der Waals surface area contributed by atoms with Crippen LogP contribution in [0.3, 0.4) is 0 Å². The van der Waals surface area contributed by atoms with Gasteiger partial charge >= 0.3 is 23.5 Å². The first kappa shape index (κ1) is 38.0. The quantitative estimate of drug-likeness (QED) is 0.0991. The van der Waals surface area contributed by atoms with Crippen LogP contribution in [-0.4, -0.2) is 89.8 Å². The van der Waals surface area contributed by atoms with Gasteiger partial charge in [0, 0.05) is 69.2 Å². The number of carboxylic acids is 2. The number of carbonyl (C=O) groups is 4. The first-order valence-electron chi connectivity index (χ1n) is 16.1. The summed E-state index contributed by atoms with van der Waals surface area (Å²) in [7, 11) is 0. The molecule has 0 bridgehead atoms. The normalized spacial score (nSPS) is 13.3. The van der Waals surface area contributed by atoms with Crippen LogP contribution in [-0.2, 0) is 23.9 Å². The van der Waals surface area contributed by atoms with Gasteiger partial charge < -0.3 is 29.0 Å². The number of ether oxygens (including phenoxy) is 2. The average molecular weight is 645 g/mol. The summed E-state index contributed by atoms with van der Waals surface area (Å²) in [5.74, 6) is -1.77. The zero-order valence-electron chi connectivity index (χ0n) is 27.0. The number of unbranched alkanes of at least 4 members (excludes halogenated alkanes) is 6. The Labute approximate surface area is 269 Å². The molecule has 0 unspecified atom stereocenters. The first-order valence-corrected chi connectivity index (χ1v) is 16.1. The molecule has 46 heavy (non-hydrogen) atoms. The zero-order valence-corrected chi connectivity index (χ0v) is 27.0. The summed E-state index contributed by atoms with van der Waals surface area (Å²) in [6.07, 6.45) is 11.0. The molecular weight excluding hydrogens is 596 g/mol. The van der Waals surface area contributed by atoms with E-state index in [1.807, 2.05) is 17.9 Å². The van der Waals surface area contributed by atoms with Crippen LogP contribution >= 0.6 is 0 Å². The molecule has 1 saturated heterocycles. The molecule has 1 fully saturated rings. The highest BCUT2D eigenvalue weighted by Crippen LogP contribution is 2.22. The standard InChI is InChI=1S/C30H44N2O6.C4H4O4/c1-3-4-5-6-7-8-9-12-29(34)37-21-19-31-15-17-32(18-16-31)28(33)11-10-20-36-25-13-14-27-26(23-25)24(2)22-30(35)38-27;5-3(6)1-2-4(7)8/h13-14,22-23H,3-12,15-21H2,1-2H3;1-2H,(H,5,6)(H,7,8)/b;2-1-. The lowest BCUT2D eigenvalue weighted by molar-refractivity contribution is -0.144. The summed E-state index contributed by atoms with van der Waals surface area (Å²) >= 11 is 0. The Hall–Kier alpha value is -4.19. The number of fused-ring (bicyclic) bond motifs is 1. The van der Waals surface area contributed by atoms with E-state index < -0.39 is 11.9 Å². The van der Waals surface area contributed by atoms with Crippen LogP contribution in [0.1, 0.15) is 76.7 Å². The van der Waals surface area contributed by atoms with Crippen molar-refractivity contribution in [2.45, 2.75) is 78.1 Å². The molecule has 3 rings (SSSR count). The van der Waals surface area contributed by atoms with Crippen molar-refractivity contribution >= 4 is 34.8 Å². The smallest absolute Gasteiger partial charge is 0.336 e. The second-order valence-corrected chi connectivity index (χ2v) is 11.2. The van der Waals surface area contributed by atoms with Gasteiger partial charge in [-0.1, -0.05) is 45.4 Å². The van der Waals surface area contributed by atoms with E-state index in [1.165, 1.54) is 38.2 Å². The molecule has 1 aliphatic heterocycles. The average Bonchev–Trinajstić information content (AvgIpc) is 3.02. The van der Waals surface area contributed by atoms with Crippen LogP contribution < -0.4 is 10.4 Å². The predicted octanol–water partition coefficient (Wildman–Crippen LogP) is 4.80. The zero-order chi connectivity index (χ0) is 33.7. The monoisotopic (exact) mass is 644 g/mol. The van der Waals surface area contributed by atoms with E-state index in [9.17, 15) is 24.0 Å². The van der Waals surface area contributed by atoms with E-state index in [0.29, 0.717) is 75.6 Å². The molecule has 1 amide bonds. The molecular formula is C34H48N2O10. The number of hydrogen-bond donors (Lipinski definition) is 2. The number of rotatable bonds is 18. The lowest BCUT2D eigenvalue weighted by Gasteiger charge is -2.34.